The van der Waals surface area contributed by atoms with Crippen LogP contribution in [0.4, 0.5) is 11.5 Å². The predicted octanol–water partition coefficient (Wildman–Crippen LogP) is -1.00. The summed E-state index contributed by atoms with van der Waals surface area (Å²) in [5.74, 6) is -0.126. The van der Waals surface area contributed by atoms with E-state index >= 15 is 0 Å². The average molecular weight is 270 g/mol. The molecule has 1 fully saturated rings. The molecule has 1 saturated heterocycles. The lowest BCUT2D eigenvalue weighted by molar-refractivity contribution is 0.100. The molecular formula is C10H14N4O3S. The summed E-state index contributed by atoms with van der Waals surface area (Å²) in [6.45, 7) is 0.610. The number of aromatic nitrogens is 1. The molecule has 0 atom stereocenters. The minimum absolute atomic E-state index is 0.0528. The van der Waals surface area contributed by atoms with Crippen molar-refractivity contribution in [3.63, 3.8) is 0 Å². The van der Waals surface area contributed by atoms with Gasteiger partial charge in [0.1, 0.15) is 5.82 Å². The molecule has 1 aliphatic heterocycles. The van der Waals surface area contributed by atoms with E-state index in [2.05, 4.69) is 4.98 Å². The van der Waals surface area contributed by atoms with Gasteiger partial charge < -0.3 is 16.4 Å². The standard InChI is InChI=1S/C10H14N4O3S/c11-7-5-8(9(12)15)10(13-6-7)14-1-3-18(16,17)4-2-14/h5-6H,1-4,11H2,(H2,12,15). The Morgan fingerprint density at radius 1 is 1.33 bits per heavy atom. The fraction of sp³-hybridized carbons (Fsp3) is 0.400. The van der Waals surface area contributed by atoms with Gasteiger partial charge in [0.05, 0.1) is 29.0 Å². The summed E-state index contributed by atoms with van der Waals surface area (Å²) in [4.78, 5) is 17.1. The maximum atomic E-state index is 11.3. The van der Waals surface area contributed by atoms with Gasteiger partial charge in [0, 0.05) is 13.1 Å². The summed E-state index contributed by atoms with van der Waals surface area (Å²) in [5.41, 5.74) is 11.4. The second-order valence-electron chi connectivity index (χ2n) is 4.14. The van der Waals surface area contributed by atoms with E-state index in [0.717, 1.165) is 0 Å². The van der Waals surface area contributed by atoms with Crippen LogP contribution in [-0.2, 0) is 9.84 Å². The van der Waals surface area contributed by atoms with Crippen LogP contribution in [0, 0.1) is 0 Å². The van der Waals surface area contributed by atoms with Crippen molar-refractivity contribution >= 4 is 27.2 Å². The summed E-state index contributed by atoms with van der Waals surface area (Å²) in [7, 11) is -2.98. The Labute approximate surface area is 105 Å². The highest BCUT2D eigenvalue weighted by Gasteiger charge is 2.25. The second kappa shape index (κ2) is 4.45. The lowest BCUT2D eigenvalue weighted by atomic mass is 10.2. The summed E-state index contributed by atoms with van der Waals surface area (Å²) in [5, 5.41) is 0. The van der Waals surface area contributed by atoms with Gasteiger partial charge in [-0.05, 0) is 6.07 Å². The molecule has 0 bridgehead atoms. The smallest absolute Gasteiger partial charge is 0.252 e. The molecule has 98 valence electrons. The Morgan fingerprint density at radius 2 is 1.94 bits per heavy atom. The number of primary amides is 1. The van der Waals surface area contributed by atoms with E-state index in [1.54, 1.807) is 4.90 Å². The molecule has 0 unspecified atom stereocenters. The molecule has 18 heavy (non-hydrogen) atoms. The zero-order valence-electron chi connectivity index (χ0n) is 9.67. The number of carbonyl (C=O) groups excluding carboxylic acids is 1. The average Bonchev–Trinajstić information content (AvgIpc) is 2.29. The van der Waals surface area contributed by atoms with E-state index in [0.29, 0.717) is 24.6 Å². The van der Waals surface area contributed by atoms with Gasteiger partial charge in [-0.3, -0.25) is 4.79 Å². The highest BCUT2D eigenvalue weighted by molar-refractivity contribution is 7.91. The molecule has 2 rings (SSSR count). The van der Waals surface area contributed by atoms with Crippen molar-refractivity contribution in [2.45, 2.75) is 0 Å². The summed E-state index contributed by atoms with van der Waals surface area (Å²) < 4.78 is 22.7. The molecule has 0 spiro atoms. The van der Waals surface area contributed by atoms with Gasteiger partial charge in [0.25, 0.3) is 5.91 Å². The van der Waals surface area contributed by atoms with Crippen LogP contribution in [0.1, 0.15) is 10.4 Å². The molecule has 1 amide bonds. The van der Waals surface area contributed by atoms with Gasteiger partial charge in [-0.2, -0.15) is 0 Å². The zero-order valence-corrected chi connectivity index (χ0v) is 10.5. The van der Waals surface area contributed by atoms with Gasteiger partial charge in [-0.15, -0.1) is 0 Å². The van der Waals surface area contributed by atoms with Crippen LogP contribution in [-0.4, -0.2) is 43.9 Å². The van der Waals surface area contributed by atoms with E-state index in [4.69, 9.17) is 11.5 Å². The number of hydrogen-bond acceptors (Lipinski definition) is 6. The molecular weight excluding hydrogens is 256 g/mol. The lowest BCUT2D eigenvalue weighted by Crippen LogP contribution is -2.41. The van der Waals surface area contributed by atoms with Crippen LogP contribution < -0.4 is 16.4 Å². The first-order valence-corrected chi connectivity index (χ1v) is 7.22. The van der Waals surface area contributed by atoms with Crippen LogP contribution in [0.2, 0.25) is 0 Å². The maximum absolute atomic E-state index is 11.3. The number of rotatable bonds is 2. The third kappa shape index (κ3) is 2.53. The Morgan fingerprint density at radius 3 is 2.50 bits per heavy atom. The maximum Gasteiger partial charge on any atom is 0.252 e. The number of sulfone groups is 1. The van der Waals surface area contributed by atoms with Crippen molar-refractivity contribution in [3.8, 4) is 0 Å². The van der Waals surface area contributed by atoms with Gasteiger partial charge >= 0.3 is 0 Å². The quantitative estimate of drug-likeness (QED) is 0.711. The molecule has 0 saturated carbocycles. The van der Waals surface area contributed by atoms with Gasteiger partial charge in [0.2, 0.25) is 0 Å². The zero-order chi connectivity index (χ0) is 13.3. The van der Waals surface area contributed by atoms with E-state index in [-0.39, 0.29) is 17.1 Å². The highest BCUT2D eigenvalue weighted by atomic mass is 32.2. The molecule has 4 N–H and O–H groups in total. The number of anilines is 2. The molecule has 8 heteroatoms. The van der Waals surface area contributed by atoms with E-state index < -0.39 is 15.7 Å². The fourth-order valence-corrected chi connectivity index (χ4v) is 3.03. The van der Waals surface area contributed by atoms with Crippen molar-refractivity contribution in [2.24, 2.45) is 5.73 Å². The third-order valence-corrected chi connectivity index (χ3v) is 4.41. The summed E-state index contributed by atoms with van der Waals surface area (Å²) in [6, 6.07) is 1.45. The molecule has 1 aliphatic rings. The molecule has 2 heterocycles. The first-order chi connectivity index (χ1) is 8.39. The van der Waals surface area contributed by atoms with Crippen LogP contribution in [0.25, 0.3) is 0 Å². The van der Waals surface area contributed by atoms with E-state index in [1.807, 2.05) is 0 Å². The first kappa shape index (κ1) is 12.6. The van der Waals surface area contributed by atoms with Gasteiger partial charge in [-0.25, -0.2) is 13.4 Å². The third-order valence-electron chi connectivity index (χ3n) is 2.80. The number of nitrogens with two attached hydrogens (primary N) is 2. The van der Waals surface area contributed by atoms with E-state index in [9.17, 15) is 13.2 Å². The molecule has 7 nitrogen and oxygen atoms in total. The lowest BCUT2D eigenvalue weighted by Gasteiger charge is -2.28. The molecule has 0 radical (unpaired) electrons. The van der Waals surface area contributed by atoms with Gasteiger partial charge in [0.15, 0.2) is 9.84 Å². The summed E-state index contributed by atoms with van der Waals surface area (Å²) >= 11 is 0. The van der Waals surface area contributed by atoms with Crippen LogP contribution in [0.15, 0.2) is 12.3 Å². The Hall–Kier alpha value is -1.83. The van der Waals surface area contributed by atoms with Crippen molar-refractivity contribution < 1.29 is 13.2 Å². The highest BCUT2D eigenvalue weighted by Crippen LogP contribution is 2.21. The molecule has 1 aromatic heterocycles. The van der Waals surface area contributed by atoms with Crippen LogP contribution in [0.5, 0.6) is 0 Å². The molecule has 1 aromatic rings. The minimum atomic E-state index is -2.98. The number of nitrogens with zero attached hydrogens (tertiary/aromatic N) is 2. The van der Waals surface area contributed by atoms with Crippen molar-refractivity contribution in [2.75, 3.05) is 35.2 Å². The van der Waals surface area contributed by atoms with Crippen molar-refractivity contribution in [3.05, 3.63) is 17.8 Å². The van der Waals surface area contributed by atoms with E-state index in [1.165, 1.54) is 12.3 Å². The number of nitrogen functional groups attached to an aromatic ring is 1. The van der Waals surface area contributed by atoms with Gasteiger partial charge in [-0.1, -0.05) is 0 Å². The van der Waals surface area contributed by atoms with Crippen LogP contribution in [0.3, 0.4) is 0 Å². The molecule has 0 aromatic carbocycles. The predicted molar refractivity (Wildman–Crippen MR) is 68.0 cm³/mol. The van der Waals surface area contributed by atoms with Crippen LogP contribution >= 0.6 is 0 Å². The number of carbonyl (C=O) groups is 1. The normalized spacial score (nSPS) is 18.6. The summed E-state index contributed by atoms with van der Waals surface area (Å²) in [6.07, 6.45) is 1.42. The second-order valence-corrected chi connectivity index (χ2v) is 6.45. The topological polar surface area (TPSA) is 119 Å². The van der Waals surface area contributed by atoms with Crippen molar-refractivity contribution in [1.82, 2.24) is 4.98 Å². The monoisotopic (exact) mass is 270 g/mol. The Kier molecular flexibility index (Phi) is 3.12. The number of pyridine rings is 1. The first-order valence-electron chi connectivity index (χ1n) is 5.40. The minimum Gasteiger partial charge on any atom is -0.397 e. The Balaban J connectivity index is 2.32. The van der Waals surface area contributed by atoms with Crippen molar-refractivity contribution in [1.29, 1.82) is 0 Å². The molecule has 0 aliphatic carbocycles. The largest absolute Gasteiger partial charge is 0.397 e. The SMILES string of the molecule is NC(=O)c1cc(N)cnc1N1CCS(=O)(=O)CC1. The number of hydrogen-bond donors (Lipinski definition) is 2. The Bertz CT molecular complexity index is 571. The fourth-order valence-electron chi connectivity index (χ4n) is 1.83. The number of amides is 1.